The van der Waals surface area contributed by atoms with Gasteiger partial charge in [-0.15, -0.1) is 0 Å². The van der Waals surface area contributed by atoms with E-state index in [-0.39, 0.29) is 5.97 Å². The van der Waals surface area contributed by atoms with Crippen LogP contribution in [0.4, 0.5) is 0 Å². The molecule has 0 rings (SSSR count). The standard InChI is InChI=1S/C6H10O2.C4H6O3.C3H4O2/c1-4-8-6(7)5(2)3;1-2-4(6)7-3-5;1-2-3(4)5/h2,4H2,1,3H3;2,5H,1,3H2;2H,1H2,(H,4,5). The van der Waals surface area contributed by atoms with Crippen molar-refractivity contribution < 1.29 is 34.1 Å². The molecule has 7 heteroatoms. The van der Waals surface area contributed by atoms with Gasteiger partial charge in [0.2, 0.25) is 0 Å². The van der Waals surface area contributed by atoms with Gasteiger partial charge in [-0.1, -0.05) is 19.7 Å². The second-order valence-electron chi connectivity index (χ2n) is 2.84. The van der Waals surface area contributed by atoms with E-state index in [1.54, 1.807) is 13.8 Å². The Hall–Kier alpha value is -2.41. The van der Waals surface area contributed by atoms with E-state index in [0.29, 0.717) is 12.2 Å². The van der Waals surface area contributed by atoms with Gasteiger partial charge in [0.1, 0.15) is 0 Å². The minimum atomic E-state index is -0.981. The highest BCUT2D eigenvalue weighted by atomic mass is 16.6. The van der Waals surface area contributed by atoms with Crippen LogP contribution in [-0.4, -0.2) is 41.5 Å². The van der Waals surface area contributed by atoms with E-state index < -0.39 is 18.7 Å². The summed E-state index contributed by atoms with van der Waals surface area (Å²) in [6.45, 7) is 12.7. The summed E-state index contributed by atoms with van der Waals surface area (Å²) in [5.41, 5.74) is 0.451. The molecule has 0 amide bonds. The average Bonchev–Trinajstić information content (AvgIpc) is 2.40. The molecular formula is C13H20O7. The van der Waals surface area contributed by atoms with Gasteiger partial charge in [-0.25, -0.2) is 14.4 Å². The van der Waals surface area contributed by atoms with Gasteiger partial charge in [0.15, 0.2) is 6.79 Å². The number of carbonyl (C=O) groups excluding carboxylic acids is 2. The Bertz CT molecular complexity index is 345. The first-order valence-corrected chi connectivity index (χ1v) is 5.34. The molecule has 20 heavy (non-hydrogen) atoms. The van der Waals surface area contributed by atoms with Crippen LogP contribution in [0, 0.1) is 0 Å². The van der Waals surface area contributed by atoms with E-state index in [2.05, 4.69) is 29.2 Å². The molecule has 0 aromatic heterocycles. The van der Waals surface area contributed by atoms with Crippen LogP contribution in [0.1, 0.15) is 13.8 Å². The molecule has 0 radical (unpaired) electrons. The Morgan fingerprint density at radius 3 is 1.70 bits per heavy atom. The Labute approximate surface area is 117 Å². The number of carboxylic acid groups (broad SMARTS) is 1. The predicted molar refractivity (Wildman–Crippen MR) is 72.7 cm³/mol. The molecule has 0 aliphatic rings. The zero-order valence-corrected chi connectivity index (χ0v) is 11.6. The normalized spacial score (nSPS) is 7.55. The molecule has 0 aliphatic carbocycles. The Morgan fingerprint density at radius 2 is 1.60 bits per heavy atom. The number of aliphatic carboxylic acids is 1. The summed E-state index contributed by atoms with van der Waals surface area (Å²) in [6.07, 6.45) is 1.82. The smallest absolute Gasteiger partial charge is 0.333 e. The van der Waals surface area contributed by atoms with Crippen molar-refractivity contribution in [2.75, 3.05) is 13.4 Å². The van der Waals surface area contributed by atoms with Crippen molar-refractivity contribution in [1.82, 2.24) is 0 Å². The topological polar surface area (TPSA) is 110 Å². The van der Waals surface area contributed by atoms with Crippen LogP contribution in [0.15, 0.2) is 37.5 Å². The van der Waals surface area contributed by atoms with Crippen molar-refractivity contribution in [3.05, 3.63) is 37.5 Å². The maximum atomic E-state index is 10.4. The molecule has 0 saturated heterocycles. The third-order valence-corrected chi connectivity index (χ3v) is 1.17. The SMILES string of the molecule is C=C(C)C(=O)OCC.C=CC(=O)O.C=CC(=O)OCO. The first-order chi connectivity index (χ1) is 9.26. The lowest BCUT2D eigenvalue weighted by Gasteiger charge is -1.96. The molecular weight excluding hydrogens is 268 g/mol. The van der Waals surface area contributed by atoms with E-state index in [1.165, 1.54) is 0 Å². The molecule has 0 atom stereocenters. The number of rotatable bonds is 5. The number of esters is 2. The van der Waals surface area contributed by atoms with Crippen molar-refractivity contribution in [3.8, 4) is 0 Å². The minimum Gasteiger partial charge on any atom is -0.478 e. The molecule has 0 unspecified atom stereocenters. The predicted octanol–water partition coefficient (Wildman–Crippen LogP) is 1.05. The van der Waals surface area contributed by atoms with Crippen molar-refractivity contribution in [1.29, 1.82) is 0 Å². The van der Waals surface area contributed by atoms with E-state index >= 15 is 0 Å². The van der Waals surface area contributed by atoms with Crippen LogP contribution < -0.4 is 0 Å². The molecule has 0 saturated carbocycles. The number of hydrogen-bond donors (Lipinski definition) is 2. The summed E-state index contributed by atoms with van der Waals surface area (Å²) in [7, 11) is 0. The van der Waals surface area contributed by atoms with E-state index in [1.807, 2.05) is 0 Å². The number of aliphatic hydroxyl groups excluding tert-OH is 1. The number of ether oxygens (including phenoxy) is 2. The van der Waals surface area contributed by atoms with Crippen LogP contribution in [-0.2, 0) is 23.9 Å². The number of carbonyl (C=O) groups is 3. The lowest BCUT2D eigenvalue weighted by molar-refractivity contribution is -0.145. The minimum absolute atomic E-state index is 0.312. The summed E-state index contributed by atoms with van der Waals surface area (Å²) in [4.78, 5) is 29.6. The number of hydrogen-bond acceptors (Lipinski definition) is 6. The van der Waals surface area contributed by atoms with Crippen molar-refractivity contribution in [2.45, 2.75) is 13.8 Å². The van der Waals surface area contributed by atoms with Crippen LogP contribution in [0.2, 0.25) is 0 Å². The maximum absolute atomic E-state index is 10.4. The fourth-order valence-corrected chi connectivity index (χ4v) is 0.377. The fraction of sp³-hybridized carbons (Fsp3) is 0.308. The Kier molecular flexibility index (Phi) is 18.9. The molecule has 0 aromatic carbocycles. The quantitative estimate of drug-likeness (QED) is 0.442. The molecule has 0 spiro atoms. The third kappa shape index (κ3) is 24.7. The summed E-state index contributed by atoms with van der Waals surface area (Å²) >= 11 is 0. The fourth-order valence-electron chi connectivity index (χ4n) is 0.377. The summed E-state index contributed by atoms with van der Waals surface area (Å²) in [5, 5.41) is 15.5. The first kappa shape index (κ1) is 22.7. The van der Waals surface area contributed by atoms with E-state index in [9.17, 15) is 14.4 Å². The molecule has 0 fully saturated rings. The second kappa shape index (κ2) is 16.6. The van der Waals surface area contributed by atoms with Gasteiger partial charge in [-0.3, -0.25) is 0 Å². The molecule has 0 aromatic rings. The number of aliphatic hydroxyl groups is 1. The Balaban J connectivity index is -0.000000223. The van der Waals surface area contributed by atoms with Crippen molar-refractivity contribution in [3.63, 3.8) is 0 Å². The van der Waals surface area contributed by atoms with Crippen molar-refractivity contribution in [2.24, 2.45) is 0 Å². The van der Waals surface area contributed by atoms with Gasteiger partial charge in [-0.05, 0) is 13.8 Å². The highest BCUT2D eigenvalue weighted by molar-refractivity contribution is 5.86. The lowest BCUT2D eigenvalue weighted by Crippen LogP contribution is -2.03. The summed E-state index contributed by atoms with van der Waals surface area (Å²) in [5.74, 6) is -1.90. The van der Waals surface area contributed by atoms with Gasteiger partial charge in [0.05, 0.1) is 6.61 Å². The van der Waals surface area contributed by atoms with E-state index in [0.717, 1.165) is 12.2 Å². The summed E-state index contributed by atoms with van der Waals surface area (Å²) < 4.78 is 8.55. The van der Waals surface area contributed by atoms with Crippen LogP contribution >= 0.6 is 0 Å². The third-order valence-electron chi connectivity index (χ3n) is 1.17. The summed E-state index contributed by atoms with van der Waals surface area (Å²) in [6, 6.07) is 0. The second-order valence-corrected chi connectivity index (χ2v) is 2.84. The molecule has 0 bridgehead atoms. The van der Waals surface area contributed by atoms with Gasteiger partial charge < -0.3 is 19.7 Å². The van der Waals surface area contributed by atoms with Crippen LogP contribution in [0.5, 0.6) is 0 Å². The average molecular weight is 288 g/mol. The van der Waals surface area contributed by atoms with Gasteiger partial charge in [0.25, 0.3) is 0 Å². The molecule has 2 N–H and O–H groups in total. The molecule has 114 valence electrons. The van der Waals surface area contributed by atoms with Crippen LogP contribution in [0.25, 0.3) is 0 Å². The zero-order valence-electron chi connectivity index (χ0n) is 11.6. The first-order valence-electron chi connectivity index (χ1n) is 5.34. The Morgan fingerprint density at radius 1 is 1.15 bits per heavy atom. The number of carboxylic acids is 1. The van der Waals surface area contributed by atoms with Gasteiger partial charge >= 0.3 is 17.9 Å². The van der Waals surface area contributed by atoms with Gasteiger partial charge in [-0.2, -0.15) is 0 Å². The largest absolute Gasteiger partial charge is 0.478 e. The van der Waals surface area contributed by atoms with E-state index in [4.69, 9.17) is 10.2 Å². The van der Waals surface area contributed by atoms with Crippen LogP contribution in [0.3, 0.4) is 0 Å². The monoisotopic (exact) mass is 288 g/mol. The maximum Gasteiger partial charge on any atom is 0.333 e. The molecule has 0 heterocycles. The lowest BCUT2D eigenvalue weighted by atomic mass is 10.4. The molecule has 0 aliphatic heterocycles. The highest BCUT2D eigenvalue weighted by Gasteiger charge is 1.98. The zero-order chi connectivity index (χ0) is 16.6. The van der Waals surface area contributed by atoms with Crippen molar-refractivity contribution >= 4 is 17.9 Å². The van der Waals surface area contributed by atoms with Gasteiger partial charge in [0, 0.05) is 17.7 Å². The highest BCUT2D eigenvalue weighted by Crippen LogP contribution is 1.89. The molecule has 7 nitrogen and oxygen atoms in total.